The summed E-state index contributed by atoms with van der Waals surface area (Å²) < 4.78 is 5.34. The molecule has 1 saturated heterocycles. The topological polar surface area (TPSA) is 177 Å². The molecule has 1 fully saturated rings. The van der Waals surface area contributed by atoms with Gasteiger partial charge in [-0.1, -0.05) is 17.2 Å². The van der Waals surface area contributed by atoms with E-state index in [1.807, 2.05) is 6.92 Å². The highest BCUT2D eigenvalue weighted by Gasteiger charge is 2.48. The molecule has 33 heavy (non-hydrogen) atoms. The van der Waals surface area contributed by atoms with Crippen molar-refractivity contribution < 1.29 is 24.0 Å². The van der Waals surface area contributed by atoms with Crippen LogP contribution >= 0.6 is 11.3 Å². The molecule has 2 aromatic heterocycles. The number of carbonyl (C=O) groups is 3. The number of H-pyrrole nitrogens is 1. The molecular weight excluding hydrogens is 454 g/mol. The van der Waals surface area contributed by atoms with Crippen molar-refractivity contribution in [3.8, 4) is 0 Å². The van der Waals surface area contributed by atoms with Crippen LogP contribution in [-0.2, 0) is 19.2 Å². The van der Waals surface area contributed by atoms with Gasteiger partial charge in [0.1, 0.15) is 23.9 Å². The number of thiazole rings is 1. The lowest BCUT2D eigenvalue weighted by atomic mass is 9.97. The molecule has 3 amide bonds. The summed E-state index contributed by atoms with van der Waals surface area (Å²) in [6.07, 6.45) is -0.0249. The van der Waals surface area contributed by atoms with Gasteiger partial charge in [-0.2, -0.15) is 5.21 Å². The third kappa shape index (κ3) is 5.42. The highest BCUT2D eigenvalue weighted by atomic mass is 32.1. The van der Waals surface area contributed by atoms with E-state index >= 15 is 0 Å². The van der Waals surface area contributed by atoms with Crippen molar-refractivity contribution in [2.45, 2.75) is 58.7 Å². The Hall–Kier alpha value is -3.62. The Morgan fingerprint density at radius 1 is 1.36 bits per heavy atom. The summed E-state index contributed by atoms with van der Waals surface area (Å²) in [5, 5.41) is 24.0. The van der Waals surface area contributed by atoms with Gasteiger partial charge in [0.15, 0.2) is 10.8 Å². The number of oxime groups is 1. The lowest BCUT2D eigenvalue weighted by Gasteiger charge is -2.42. The first-order chi connectivity index (χ1) is 15.7. The van der Waals surface area contributed by atoms with Gasteiger partial charge in [-0.05, 0) is 39.3 Å². The summed E-state index contributed by atoms with van der Waals surface area (Å²) in [5.74, 6) is -0.933. The van der Waals surface area contributed by atoms with E-state index in [1.54, 1.807) is 27.7 Å². The minimum absolute atomic E-state index is 0.120. The van der Waals surface area contributed by atoms with E-state index in [9.17, 15) is 14.4 Å². The van der Waals surface area contributed by atoms with Gasteiger partial charge >= 0.3 is 6.09 Å². The Morgan fingerprint density at radius 2 is 2.12 bits per heavy atom. The van der Waals surface area contributed by atoms with Crippen LogP contribution in [0.5, 0.6) is 0 Å². The fourth-order valence-electron chi connectivity index (χ4n) is 2.76. The maximum atomic E-state index is 12.9. The van der Waals surface area contributed by atoms with E-state index in [2.05, 4.69) is 41.4 Å². The standard InChI is InChI=1S/C18H25N9O5S/c1-6-18(4,5)32-17(30)21-16-19-10(8-33-16)12(24-31-7-2)13(28)20-11-9(3)27(14(11)29)15-22-25-26-23-15/h8-9,11H,6-7H2,1-5H3,(H,20,28)(H,19,21,30)(H,22,23,25,26)/b24-12-/t9-,11+/m1/s1. The third-order valence-corrected chi connectivity index (χ3v) is 5.66. The maximum absolute atomic E-state index is 12.9. The van der Waals surface area contributed by atoms with Crippen LogP contribution < -0.4 is 15.5 Å². The van der Waals surface area contributed by atoms with Crippen molar-refractivity contribution in [1.82, 2.24) is 30.9 Å². The second-order valence-corrected chi connectivity index (χ2v) is 8.49. The lowest BCUT2D eigenvalue weighted by molar-refractivity contribution is -0.130. The van der Waals surface area contributed by atoms with E-state index in [1.165, 1.54) is 10.3 Å². The van der Waals surface area contributed by atoms with Crippen molar-refractivity contribution in [1.29, 1.82) is 0 Å². The van der Waals surface area contributed by atoms with Gasteiger partial charge < -0.3 is 14.9 Å². The number of aromatic amines is 1. The van der Waals surface area contributed by atoms with Crippen LogP contribution in [-0.4, -0.2) is 73.5 Å². The molecule has 178 valence electrons. The number of hydrogen-bond donors (Lipinski definition) is 3. The van der Waals surface area contributed by atoms with Gasteiger partial charge in [-0.3, -0.25) is 19.8 Å². The molecule has 0 unspecified atom stereocenters. The summed E-state index contributed by atoms with van der Waals surface area (Å²) >= 11 is 1.09. The predicted molar refractivity (Wildman–Crippen MR) is 118 cm³/mol. The Labute approximate surface area is 193 Å². The van der Waals surface area contributed by atoms with Gasteiger partial charge in [0.25, 0.3) is 17.8 Å². The molecule has 0 saturated carbocycles. The Balaban J connectivity index is 1.68. The molecule has 1 aliphatic heterocycles. The number of nitrogens with one attached hydrogen (secondary N) is 3. The van der Waals surface area contributed by atoms with E-state index in [-0.39, 0.29) is 29.1 Å². The second-order valence-electron chi connectivity index (χ2n) is 7.64. The number of carbonyl (C=O) groups excluding carboxylic acids is 3. The fraction of sp³-hybridized carbons (Fsp3) is 0.556. The molecule has 3 heterocycles. The minimum Gasteiger partial charge on any atom is -0.443 e. The summed E-state index contributed by atoms with van der Waals surface area (Å²) in [6.45, 7) is 9.14. The van der Waals surface area contributed by atoms with Crippen molar-refractivity contribution in [3.05, 3.63) is 11.1 Å². The molecule has 0 aliphatic carbocycles. The van der Waals surface area contributed by atoms with Crippen LogP contribution in [0, 0.1) is 0 Å². The maximum Gasteiger partial charge on any atom is 0.413 e. The van der Waals surface area contributed by atoms with Gasteiger partial charge in [0.05, 0.1) is 6.04 Å². The molecule has 3 rings (SSSR count). The zero-order valence-electron chi connectivity index (χ0n) is 18.8. The van der Waals surface area contributed by atoms with E-state index in [0.29, 0.717) is 6.42 Å². The molecule has 0 spiro atoms. The smallest absolute Gasteiger partial charge is 0.413 e. The predicted octanol–water partition coefficient (Wildman–Crippen LogP) is 1.05. The minimum atomic E-state index is -0.815. The van der Waals surface area contributed by atoms with Crippen LogP contribution in [0.15, 0.2) is 10.5 Å². The first-order valence-electron chi connectivity index (χ1n) is 10.2. The normalized spacial score (nSPS) is 18.5. The SMILES string of the molecule is CCO/N=C(\C(=O)N[C@@H]1C(=O)N(c2nn[nH]n2)[C@@H]1C)c1csc(NC(=O)OC(C)(C)CC)n1. The number of aromatic nitrogens is 5. The number of amides is 3. The van der Waals surface area contributed by atoms with E-state index in [4.69, 9.17) is 9.57 Å². The van der Waals surface area contributed by atoms with Crippen LogP contribution in [0.4, 0.5) is 15.9 Å². The first-order valence-corrected chi connectivity index (χ1v) is 11.1. The fourth-order valence-corrected chi connectivity index (χ4v) is 3.45. The van der Waals surface area contributed by atoms with E-state index < -0.39 is 35.6 Å². The number of ether oxygens (including phenoxy) is 1. The van der Waals surface area contributed by atoms with Crippen LogP contribution in [0.3, 0.4) is 0 Å². The summed E-state index contributed by atoms with van der Waals surface area (Å²) in [5.41, 5.74) is -0.598. The Morgan fingerprint density at radius 3 is 2.73 bits per heavy atom. The zero-order chi connectivity index (χ0) is 24.2. The van der Waals surface area contributed by atoms with Crippen molar-refractivity contribution in [3.63, 3.8) is 0 Å². The average molecular weight is 480 g/mol. The summed E-state index contributed by atoms with van der Waals surface area (Å²) in [7, 11) is 0. The largest absolute Gasteiger partial charge is 0.443 e. The molecule has 3 N–H and O–H groups in total. The molecule has 2 atom stereocenters. The van der Waals surface area contributed by atoms with Crippen molar-refractivity contribution in [2.24, 2.45) is 5.16 Å². The van der Waals surface area contributed by atoms with Crippen LogP contribution in [0.1, 0.15) is 46.7 Å². The summed E-state index contributed by atoms with van der Waals surface area (Å²) in [6, 6.07) is -1.22. The molecule has 1 aliphatic rings. The number of nitrogens with zero attached hydrogens (tertiary/aromatic N) is 6. The highest BCUT2D eigenvalue weighted by Crippen LogP contribution is 2.24. The number of β-lactam (4-membered cyclic amide) rings is 1. The molecule has 0 bridgehead atoms. The second kappa shape index (κ2) is 9.89. The van der Waals surface area contributed by atoms with Crippen molar-refractivity contribution >= 4 is 46.0 Å². The Bertz CT molecular complexity index is 1040. The molecule has 14 nitrogen and oxygen atoms in total. The average Bonchev–Trinajstić information content (AvgIpc) is 3.44. The lowest BCUT2D eigenvalue weighted by Crippen LogP contribution is -2.70. The highest BCUT2D eigenvalue weighted by molar-refractivity contribution is 7.14. The van der Waals surface area contributed by atoms with Gasteiger partial charge in [0, 0.05) is 5.38 Å². The molecule has 0 radical (unpaired) electrons. The zero-order valence-corrected chi connectivity index (χ0v) is 19.6. The monoisotopic (exact) mass is 479 g/mol. The number of hydrogen-bond acceptors (Lipinski definition) is 11. The molecule has 15 heteroatoms. The van der Waals surface area contributed by atoms with Crippen molar-refractivity contribution in [2.75, 3.05) is 16.8 Å². The third-order valence-electron chi connectivity index (χ3n) is 4.91. The number of anilines is 2. The molecular formula is C18H25N9O5S. The molecule has 0 aromatic carbocycles. The number of rotatable bonds is 9. The van der Waals surface area contributed by atoms with Crippen LogP contribution in [0.2, 0.25) is 0 Å². The first kappa shape index (κ1) is 24.0. The van der Waals surface area contributed by atoms with Gasteiger partial charge in [-0.15, -0.1) is 16.4 Å². The Kier molecular flexibility index (Phi) is 7.20. The van der Waals surface area contributed by atoms with E-state index in [0.717, 1.165) is 11.3 Å². The summed E-state index contributed by atoms with van der Waals surface area (Å²) in [4.78, 5) is 48.1. The molecule has 2 aromatic rings. The number of tetrazole rings is 1. The van der Waals surface area contributed by atoms with Gasteiger partial charge in [-0.25, -0.2) is 9.78 Å². The van der Waals surface area contributed by atoms with Gasteiger partial charge in [0.2, 0.25) is 0 Å². The quantitative estimate of drug-likeness (QED) is 0.269. The van der Waals surface area contributed by atoms with Crippen LogP contribution in [0.25, 0.3) is 0 Å².